The topological polar surface area (TPSA) is 78.4 Å². The van der Waals surface area contributed by atoms with Crippen LogP contribution in [0.3, 0.4) is 0 Å². The number of likely N-dealkylation sites (N-methyl/N-ethyl adjacent to an activating group) is 1. The van der Waals surface area contributed by atoms with E-state index in [9.17, 15) is 14.7 Å². The predicted octanol–water partition coefficient (Wildman–Crippen LogP) is 0.567. The maximum atomic E-state index is 11.6. The van der Waals surface area contributed by atoms with Gasteiger partial charge in [-0.05, 0) is 37.6 Å². The normalized spacial score (nSPS) is 9.76. The number of aryl methyl sites for hydroxylation is 1. The number of benzene rings is 1. The first-order valence-corrected chi connectivity index (χ1v) is 5.39. The summed E-state index contributed by atoms with van der Waals surface area (Å²) >= 11 is 0. The Morgan fingerprint density at radius 2 is 2.00 bits per heavy atom. The summed E-state index contributed by atoms with van der Waals surface area (Å²) in [6, 6.07) is 4.54. The van der Waals surface area contributed by atoms with E-state index in [0.29, 0.717) is 17.7 Å². The van der Waals surface area contributed by atoms with E-state index < -0.39 is 0 Å². The van der Waals surface area contributed by atoms with Crippen molar-refractivity contribution in [2.24, 2.45) is 0 Å². The van der Waals surface area contributed by atoms with Crippen LogP contribution in [-0.2, 0) is 4.79 Å². The average molecular weight is 236 g/mol. The highest BCUT2D eigenvalue weighted by atomic mass is 16.3. The number of phenols is 1. The Bertz CT molecular complexity index is 430. The molecule has 1 aromatic rings. The number of rotatable bonds is 4. The van der Waals surface area contributed by atoms with Crippen molar-refractivity contribution in [3.8, 4) is 5.75 Å². The van der Waals surface area contributed by atoms with Gasteiger partial charge in [0.25, 0.3) is 5.91 Å². The second-order valence-corrected chi connectivity index (χ2v) is 3.64. The molecule has 0 saturated heterocycles. The lowest BCUT2D eigenvalue weighted by molar-refractivity contribution is -0.120. The highest BCUT2D eigenvalue weighted by molar-refractivity contribution is 5.96. The van der Waals surface area contributed by atoms with Gasteiger partial charge in [0.1, 0.15) is 5.75 Å². The molecular formula is C12H16N2O3. The molecule has 0 aliphatic carbocycles. The van der Waals surface area contributed by atoms with Crippen LogP contribution in [0.1, 0.15) is 22.8 Å². The summed E-state index contributed by atoms with van der Waals surface area (Å²) in [5.41, 5.74) is 1.04. The lowest BCUT2D eigenvalue weighted by Crippen LogP contribution is -2.36. The molecule has 1 rings (SSSR count). The summed E-state index contributed by atoms with van der Waals surface area (Å²) < 4.78 is 0. The number of hydrogen-bond acceptors (Lipinski definition) is 3. The Morgan fingerprint density at radius 3 is 2.59 bits per heavy atom. The third kappa shape index (κ3) is 3.79. The van der Waals surface area contributed by atoms with E-state index in [1.165, 1.54) is 12.1 Å². The van der Waals surface area contributed by atoms with Gasteiger partial charge in [-0.2, -0.15) is 0 Å². The summed E-state index contributed by atoms with van der Waals surface area (Å²) in [6.07, 6.45) is 0. The van der Waals surface area contributed by atoms with Gasteiger partial charge in [-0.1, -0.05) is 0 Å². The minimum Gasteiger partial charge on any atom is -0.508 e. The van der Waals surface area contributed by atoms with Gasteiger partial charge in [0.15, 0.2) is 0 Å². The van der Waals surface area contributed by atoms with Crippen LogP contribution in [0, 0.1) is 6.92 Å². The molecule has 0 fully saturated rings. The molecule has 92 valence electrons. The fourth-order valence-electron chi connectivity index (χ4n) is 1.32. The van der Waals surface area contributed by atoms with Gasteiger partial charge in [0.2, 0.25) is 5.91 Å². The summed E-state index contributed by atoms with van der Waals surface area (Å²) in [6.45, 7) is 4.00. The molecule has 0 heterocycles. The van der Waals surface area contributed by atoms with Crippen LogP contribution in [0.15, 0.2) is 18.2 Å². The van der Waals surface area contributed by atoms with Crippen LogP contribution in [0.25, 0.3) is 0 Å². The zero-order valence-corrected chi connectivity index (χ0v) is 9.91. The molecular weight excluding hydrogens is 220 g/mol. The van der Waals surface area contributed by atoms with Gasteiger partial charge in [-0.15, -0.1) is 0 Å². The second kappa shape index (κ2) is 5.89. The Hall–Kier alpha value is -2.04. The number of amides is 2. The van der Waals surface area contributed by atoms with E-state index in [1.54, 1.807) is 13.0 Å². The number of phenolic OH excluding ortho intramolecular Hbond substituents is 1. The van der Waals surface area contributed by atoms with Crippen molar-refractivity contribution in [2.45, 2.75) is 13.8 Å². The first-order chi connectivity index (χ1) is 8.04. The van der Waals surface area contributed by atoms with Crippen LogP contribution in [0.2, 0.25) is 0 Å². The zero-order valence-electron chi connectivity index (χ0n) is 9.91. The monoisotopic (exact) mass is 236 g/mol. The predicted molar refractivity (Wildman–Crippen MR) is 63.9 cm³/mol. The summed E-state index contributed by atoms with van der Waals surface area (Å²) in [7, 11) is 0. The number of carbonyl (C=O) groups excluding carboxylic acids is 2. The van der Waals surface area contributed by atoms with Crippen molar-refractivity contribution in [3.05, 3.63) is 29.3 Å². The molecule has 2 amide bonds. The quantitative estimate of drug-likeness (QED) is 0.715. The lowest BCUT2D eigenvalue weighted by Gasteiger charge is -2.06. The van der Waals surface area contributed by atoms with Gasteiger partial charge in [-0.3, -0.25) is 9.59 Å². The molecule has 3 N–H and O–H groups in total. The Labute approximate surface area is 99.8 Å². The van der Waals surface area contributed by atoms with Gasteiger partial charge >= 0.3 is 0 Å². The maximum absolute atomic E-state index is 11.6. The lowest BCUT2D eigenvalue weighted by atomic mass is 10.1. The molecule has 0 aliphatic rings. The molecule has 0 radical (unpaired) electrons. The minimum absolute atomic E-state index is 0.0490. The van der Waals surface area contributed by atoms with Crippen molar-refractivity contribution in [1.29, 1.82) is 0 Å². The van der Waals surface area contributed by atoms with Gasteiger partial charge < -0.3 is 15.7 Å². The highest BCUT2D eigenvalue weighted by Gasteiger charge is 2.08. The fourth-order valence-corrected chi connectivity index (χ4v) is 1.32. The average Bonchev–Trinajstić information content (AvgIpc) is 2.30. The second-order valence-electron chi connectivity index (χ2n) is 3.64. The van der Waals surface area contributed by atoms with Gasteiger partial charge in [0, 0.05) is 12.1 Å². The standard InChI is InChI=1S/C12H16N2O3/c1-3-13-11(16)7-14-12(17)9-4-5-10(15)8(2)6-9/h4-6,15H,3,7H2,1-2H3,(H,13,16)(H,14,17). The van der Waals surface area contributed by atoms with E-state index in [2.05, 4.69) is 10.6 Å². The van der Waals surface area contributed by atoms with E-state index in [-0.39, 0.29) is 24.1 Å². The van der Waals surface area contributed by atoms with Crippen LogP contribution < -0.4 is 10.6 Å². The Balaban J connectivity index is 2.58. The molecule has 0 unspecified atom stereocenters. The number of carbonyl (C=O) groups is 2. The smallest absolute Gasteiger partial charge is 0.251 e. The first kappa shape index (κ1) is 13.0. The van der Waals surface area contributed by atoms with Gasteiger partial charge in [0.05, 0.1) is 6.54 Å². The fraction of sp³-hybridized carbons (Fsp3) is 0.333. The SMILES string of the molecule is CCNC(=O)CNC(=O)c1ccc(O)c(C)c1. The number of nitrogens with one attached hydrogen (secondary N) is 2. The van der Waals surface area contributed by atoms with Crippen molar-refractivity contribution >= 4 is 11.8 Å². The van der Waals surface area contributed by atoms with Crippen molar-refractivity contribution in [3.63, 3.8) is 0 Å². The highest BCUT2D eigenvalue weighted by Crippen LogP contribution is 2.16. The molecule has 0 bridgehead atoms. The molecule has 17 heavy (non-hydrogen) atoms. The summed E-state index contributed by atoms with van der Waals surface area (Å²) in [4.78, 5) is 22.8. The molecule has 5 nitrogen and oxygen atoms in total. The Kier molecular flexibility index (Phi) is 4.51. The van der Waals surface area contributed by atoms with E-state index in [4.69, 9.17) is 0 Å². The van der Waals surface area contributed by atoms with Crippen LogP contribution in [0.4, 0.5) is 0 Å². The van der Waals surface area contributed by atoms with E-state index >= 15 is 0 Å². The molecule has 5 heteroatoms. The minimum atomic E-state index is -0.334. The molecule has 0 spiro atoms. The largest absolute Gasteiger partial charge is 0.508 e. The van der Waals surface area contributed by atoms with Crippen LogP contribution in [0.5, 0.6) is 5.75 Å². The van der Waals surface area contributed by atoms with Crippen molar-refractivity contribution in [2.75, 3.05) is 13.1 Å². The van der Waals surface area contributed by atoms with Gasteiger partial charge in [-0.25, -0.2) is 0 Å². The van der Waals surface area contributed by atoms with Crippen LogP contribution in [-0.4, -0.2) is 30.0 Å². The van der Waals surface area contributed by atoms with E-state index in [1.807, 2.05) is 6.92 Å². The number of hydrogen-bond donors (Lipinski definition) is 3. The van der Waals surface area contributed by atoms with Crippen LogP contribution >= 0.6 is 0 Å². The molecule has 0 saturated carbocycles. The molecule has 1 aromatic carbocycles. The summed E-state index contributed by atoms with van der Waals surface area (Å²) in [5.74, 6) is -0.416. The molecule has 0 aliphatic heterocycles. The van der Waals surface area contributed by atoms with E-state index in [0.717, 1.165) is 0 Å². The van der Waals surface area contributed by atoms with Crippen molar-refractivity contribution in [1.82, 2.24) is 10.6 Å². The Morgan fingerprint density at radius 1 is 1.29 bits per heavy atom. The third-order valence-electron chi connectivity index (χ3n) is 2.24. The molecule has 0 aromatic heterocycles. The zero-order chi connectivity index (χ0) is 12.8. The van der Waals surface area contributed by atoms with Crippen molar-refractivity contribution < 1.29 is 14.7 Å². The number of aromatic hydroxyl groups is 1. The molecule has 0 atom stereocenters. The summed E-state index contributed by atoms with van der Waals surface area (Å²) in [5, 5.41) is 14.4. The first-order valence-electron chi connectivity index (χ1n) is 5.39. The maximum Gasteiger partial charge on any atom is 0.251 e. The third-order valence-corrected chi connectivity index (χ3v) is 2.24.